The van der Waals surface area contributed by atoms with Gasteiger partial charge in [-0.15, -0.1) is 17.5 Å². The van der Waals surface area contributed by atoms with Crippen LogP contribution in [-0.2, 0) is 25.4 Å². The first-order chi connectivity index (χ1) is 27.3. The number of piperidine rings is 1. The minimum atomic E-state index is -0.670. The predicted molar refractivity (Wildman–Crippen MR) is 215 cm³/mol. The number of aromatic amines is 1. The van der Waals surface area contributed by atoms with E-state index < -0.39 is 24.1 Å². The summed E-state index contributed by atoms with van der Waals surface area (Å²) in [6.07, 6.45) is 2.62. The average molecular weight is 805 g/mol. The number of hydrogen-bond donors (Lipinski definition) is 3. The average Bonchev–Trinajstić information content (AvgIpc) is 3.62. The number of carbonyl (C=O) groups is 2. The zero-order valence-corrected chi connectivity index (χ0v) is 33.6. The molecule has 0 amide bonds. The van der Waals surface area contributed by atoms with Gasteiger partial charge in [0.25, 0.3) is 0 Å². The Labute approximate surface area is 336 Å². The van der Waals surface area contributed by atoms with Gasteiger partial charge >= 0.3 is 11.9 Å². The van der Waals surface area contributed by atoms with Gasteiger partial charge in [-0.05, 0) is 60.9 Å². The summed E-state index contributed by atoms with van der Waals surface area (Å²) in [4.78, 5) is 33.1. The van der Waals surface area contributed by atoms with Crippen LogP contribution in [0.4, 0.5) is 5.82 Å². The highest BCUT2D eigenvalue weighted by atomic mass is 35.5. The smallest absolute Gasteiger partial charge is 0.338 e. The summed E-state index contributed by atoms with van der Waals surface area (Å²) >= 11 is 0. The molecule has 2 fully saturated rings. The van der Waals surface area contributed by atoms with E-state index in [0.29, 0.717) is 29.5 Å². The van der Waals surface area contributed by atoms with Crippen LogP contribution < -0.4 is 30.2 Å². The minimum absolute atomic E-state index is 0. The van der Waals surface area contributed by atoms with Crippen molar-refractivity contribution < 1.29 is 42.7 Å². The number of carbonyl (C=O) groups excluding carboxylic acids is 2. The third kappa shape index (κ3) is 7.84. The lowest BCUT2D eigenvalue weighted by Gasteiger charge is -2.52. The lowest BCUT2D eigenvalue weighted by molar-refractivity contribution is -0.176. The Bertz CT molecular complexity index is 2190. The number of H-pyrrole nitrogens is 1. The molecule has 3 aromatic carbocycles. The van der Waals surface area contributed by atoms with Gasteiger partial charge in [0.15, 0.2) is 17.3 Å². The minimum Gasteiger partial charge on any atom is -0.497 e. The maximum Gasteiger partial charge on any atom is 0.338 e. The number of nitrogens with zero attached hydrogens (tertiary/aromatic N) is 3. The van der Waals surface area contributed by atoms with Crippen LogP contribution in [0, 0.1) is 17.8 Å². The van der Waals surface area contributed by atoms with Crippen LogP contribution in [0.5, 0.6) is 23.0 Å². The number of aromatic nitrogens is 3. The van der Waals surface area contributed by atoms with Crippen LogP contribution >= 0.6 is 12.4 Å². The number of fused-ring (bicyclic) bond motifs is 7. The zero-order valence-electron chi connectivity index (χ0n) is 32.8. The summed E-state index contributed by atoms with van der Waals surface area (Å²) < 4.78 is 39.1. The number of hydrogen-bond acceptors (Lipinski definition) is 14. The second-order valence-electron chi connectivity index (χ2n) is 14.1. The molecule has 304 valence electrons. The molecule has 8 rings (SSSR count). The number of methoxy groups -OCH3 is 6. The largest absolute Gasteiger partial charge is 0.497 e. The SMILES string of the molecule is COC(=O)[C@H]1[C@H]2C[C@@H]3c4[nH]c5cc(OC)ccc5c4CCN3C[C@H]2C[C@@H](OC(=O)c2cc(OC)c(OC)c(OC)c2)[C@@H]1OC.Cl.NNc1nncc2ccccc12. The number of nitrogen functional groups attached to an aromatic ring is 1. The zero-order chi connectivity index (χ0) is 39.5. The second-order valence-corrected chi connectivity index (χ2v) is 14.1. The normalized spacial score (nSPS) is 22.3. The first kappa shape index (κ1) is 41.3. The van der Waals surface area contributed by atoms with E-state index in [1.54, 1.807) is 32.5 Å². The molecular weight excluding hydrogens is 756 g/mol. The topological polar surface area (TPSA) is 182 Å². The number of nitrogens with two attached hydrogens (primary N) is 1. The van der Waals surface area contributed by atoms with Crippen LogP contribution in [0.2, 0.25) is 0 Å². The van der Waals surface area contributed by atoms with Gasteiger partial charge in [0.2, 0.25) is 5.75 Å². The lowest BCUT2D eigenvalue weighted by Crippen LogP contribution is -2.58. The number of halogens is 1. The fraction of sp³-hybridized carbons (Fsp3) is 0.415. The van der Waals surface area contributed by atoms with Crippen LogP contribution in [0.15, 0.2) is 60.8 Å². The molecule has 57 heavy (non-hydrogen) atoms. The molecule has 5 aromatic rings. The molecule has 0 bridgehead atoms. The third-order valence-electron chi connectivity index (χ3n) is 11.5. The van der Waals surface area contributed by atoms with Gasteiger partial charge in [0.05, 0.1) is 59.3 Å². The summed E-state index contributed by atoms with van der Waals surface area (Å²) in [5, 5.41) is 10.9. The number of esters is 2. The van der Waals surface area contributed by atoms with Crippen molar-refractivity contribution in [3.05, 3.63) is 77.6 Å². The Hall–Kier alpha value is -5.35. The molecule has 6 atom stereocenters. The van der Waals surface area contributed by atoms with Crippen molar-refractivity contribution in [2.24, 2.45) is 23.6 Å². The van der Waals surface area contributed by atoms with Crippen molar-refractivity contribution in [3.8, 4) is 23.0 Å². The number of hydrazine groups is 1. The van der Waals surface area contributed by atoms with Gasteiger partial charge in [-0.3, -0.25) is 9.69 Å². The fourth-order valence-electron chi connectivity index (χ4n) is 8.90. The summed E-state index contributed by atoms with van der Waals surface area (Å²) in [5.74, 6) is 6.31. The van der Waals surface area contributed by atoms with E-state index in [4.69, 9.17) is 39.0 Å². The Morgan fingerprint density at radius 2 is 1.67 bits per heavy atom. The van der Waals surface area contributed by atoms with Gasteiger partial charge in [-0.25, -0.2) is 10.6 Å². The molecule has 1 aliphatic carbocycles. The first-order valence-electron chi connectivity index (χ1n) is 18.5. The number of anilines is 1. The van der Waals surface area contributed by atoms with Crippen LogP contribution in [0.25, 0.3) is 21.7 Å². The summed E-state index contributed by atoms with van der Waals surface area (Å²) in [6, 6.07) is 17.2. The molecular formula is C41H49ClN6O9. The highest BCUT2D eigenvalue weighted by Gasteiger charge is 2.54. The van der Waals surface area contributed by atoms with Gasteiger partial charge in [0, 0.05) is 53.6 Å². The maximum absolute atomic E-state index is 13.5. The van der Waals surface area contributed by atoms with Gasteiger partial charge in [0.1, 0.15) is 18.0 Å². The second kappa shape index (κ2) is 17.8. The van der Waals surface area contributed by atoms with E-state index in [1.807, 2.05) is 36.4 Å². The van der Waals surface area contributed by atoms with Gasteiger partial charge in [-0.1, -0.05) is 24.3 Å². The summed E-state index contributed by atoms with van der Waals surface area (Å²) in [7, 11) is 9.10. The van der Waals surface area contributed by atoms with E-state index in [1.165, 1.54) is 45.1 Å². The first-order valence-corrected chi connectivity index (χ1v) is 18.5. The Morgan fingerprint density at radius 1 is 0.912 bits per heavy atom. The maximum atomic E-state index is 13.5. The molecule has 0 spiro atoms. The quantitative estimate of drug-likeness (QED) is 0.0964. The number of nitrogens with one attached hydrogen (secondary N) is 2. The number of ether oxygens (including phenoxy) is 7. The number of benzene rings is 3. The molecule has 2 aromatic heterocycles. The Kier molecular flexibility index (Phi) is 12.9. The highest BCUT2D eigenvalue weighted by molar-refractivity contribution is 5.92. The van der Waals surface area contributed by atoms with Crippen LogP contribution in [0.3, 0.4) is 0 Å². The summed E-state index contributed by atoms with van der Waals surface area (Å²) in [6.45, 7) is 1.68. The van der Waals surface area contributed by atoms with Crippen LogP contribution in [0.1, 0.15) is 40.5 Å². The molecule has 3 aliphatic rings. The van der Waals surface area contributed by atoms with E-state index in [9.17, 15) is 9.59 Å². The molecule has 0 unspecified atom stereocenters. The van der Waals surface area contributed by atoms with Crippen LogP contribution in [-0.4, -0.2) is 100.0 Å². The molecule has 4 heterocycles. The Morgan fingerprint density at radius 3 is 2.33 bits per heavy atom. The van der Waals surface area contributed by atoms with E-state index in [0.717, 1.165) is 48.0 Å². The molecule has 16 heteroatoms. The van der Waals surface area contributed by atoms with Crippen molar-refractivity contribution >= 4 is 51.8 Å². The molecule has 2 aliphatic heterocycles. The standard InChI is InChI=1S/C33H40N2O9.C8H8N4.ClH/c1-38-19-7-8-20-21-9-10-35-16-18-13-27(44-32(36)17-11-25(39-2)30(41-4)26(12-17)40-3)31(42-5)28(33(37)43-6)22(18)15-24(35)29(21)34-23(20)14-19;9-11-8-7-4-2-1-3-6(7)5-10-12-8;/h7-8,11-12,14,18,22,24,27-28,31,34H,9-10,13,15-16H2,1-6H3;1-5H,9H2,(H,11,12);1H/t18-,22+,24-,27-,28+,31+;;/m1../s1. The molecule has 4 N–H and O–H groups in total. The van der Waals surface area contributed by atoms with Gasteiger partial charge < -0.3 is 43.6 Å². The van der Waals surface area contributed by atoms with E-state index in [2.05, 4.69) is 31.6 Å². The van der Waals surface area contributed by atoms with Crippen molar-refractivity contribution in [2.45, 2.75) is 37.5 Å². The van der Waals surface area contributed by atoms with Crippen molar-refractivity contribution in [1.29, 1.82) is 0 Å². The highest BCUT2D eigenvalue weighted by Crippen LogP contribution is 2.51. The molecule has 0 radical (unpaired) electrons. The molecule has 15 nitrogen and oxygen atoms in total. The Balaban J connectivity index is 0.000000359. The lowest BCUT2D eigenvalue weighted by atomic mass is 9.63. The van der Waals surface area contributed by atoms with E-state index in [-0.39, 0.29) is 41.8 Å². The molecule has 1 saturated heterocycles. The summed E-state index contributed by atoms with van der Waals surface area (Å²) in [5.41, 5.74) is 6.32. The third-order valence-corrected chi connectivity index (χ3v) is 11.5. The number of rotatable bonds is 9. The van der Waals surface area contributed by atoms with Crippen molar-refractivity contribution in [2.75, 3.05) is 61.2 Å². The van der Waals surface area contributed by atoms with Crippen molar-refractivity contribution in [1.82, 2.24) is 20.1 Å². The monoisotopic (exact) mass is 804 g/mol. The van der Waals surface area contributed by atoms with Crippen molar-refractivity contribution in [3.63, 3.8) is 0 Å². The molecule has 1 saturated carbocycles. The predicted octanol–water partition coefficient (Wildman–Crippen LogP) is 5.51. The van der Waals surface area contributed by atoms with Gasteiger partial charge in [-0.2, -0.15) is 5.10 Å². The van der Waals surface area contributed by atoms with E-state index >= 15 is 0 Å². The fourth-order valence-corrected chi connectivity index (χ4v) is 8.90.